The van der Waals surface area contributed by atoms with Crippen molar-refractivity contribution in [2.75, 3.05) is 14.2 Å². The average Bonchev–Trinajstić information content (AvgIpc) is 3.24. The third-order valence-electron chi connectivity index (χ3n) is 5.01. The summed E-state index contributed by atoms with van der Waals surface area (Å²) in [5.41, 5.74) is 3.19. The van der Waals surface area contributed by atoms with E-state index in [2.05, 4.69) is 20.6 Å². The molecule has 0 fully saturated rings. The summed E-state index contributed by atoms with van der Waals surface area (Å²) in [7, 11) is 3.18. The zero-order valence-electron chi connectivity index (χ0n) is 17.7. The van der Waals surface area contributed by atoms with Gasteiger partial charge in [-0.25, -0.2) is 0 Å². The first-order chi connectivity index (χ1) is 15.6. The van der Waals surface area contributed by atoms with Gasteiger partial charge in [-0.2, -0.15) is 9.61 Å². The number of hydrogen-bond acceptors (Lipinski definition) is 6. The quantitative estimate of drug-likeness (QED) is 0.439. The number of rotatable bonds is 8. The fraction of sp³-hybridized carbons (Fsp3) is 0.217. The van der Waals surface area contributed by atoms with Crippen molar-refractivity contribution < 1.29 is 14.3 Å². The Morgan fingerprint density at radius 2 is 1.84 bits per heavy atom. The minimum Gasteiger partial charge on any atom is -0.497 e. The van der Waals surface area contributed by atoms with Crippen molar-refractivity contribution in [1.82, 2.24) is 25.1 Å². The van der Waals surface area contributed by atoms with Gasteiger partial charge < -0.3 is 14.8 Å². The second-order valence-electron chi connectivity index (χ2n) is 7.07. The van der Waals surface area contributed by atoms with Gasteiger partial charge in [-0.1, -0.05) is 23.7 Å². The Balaban J connectivity index is 1.41. The van der Waals surface area contributed by atoms with Crippen LogP contribution in [0, 0.1) is 0 Å². The Morgan fingerprint density at radius 3 is 2.59 bits per heavy atom. The standard InChI is InChI=1S/C23H22ClN5O3/c1-31-18-8-5-16(20(13-18)32-2)14-25-23(30)12-11-22-27-26-21-10-9-19(28-29(21)22)15-3-6-17(24)7-4-15/h3-10,13H,11-12,14H2,1-2H3,(H,25,30). The van der Waals surface area contributed by atoms with E-state index in [1.165, 1.54) is 0 Å². The molecule has 8 nitrogen and oxygen atoms in total. The number of nitrogens with zero attached hydrogens (tertiary/aromatic N) is 4. The molecule has 0 unspecified atom stereocenters. The third kappa shape index (κ3) is 4.81. The zero-order chi connectivity index (χ0) is 22.5. The maximum absolute atomic E-state index is 12.4. The third-order valence-corrected chi connectivity index (χ3v) is 5.27. The molecule has 0 saturated carbocycles. The number of carbonyl (C=O) groups excluding carboxylic acids is 1. The van der Waals surface area contributed by atoms with Gasteiger partial charge in [0.15, 0.2) is 11.5 Å². The Labute approximate surface area is 190 Å². The van der Waals surface area contributed by atoms with Crippen LogP contribution >= 0.6 is 11.6 Å². The summed E-state index contributed by atoms with van der Waals surface area (Å²) >= 11 is 5.97. The van der Waals surface area contributed by atoms with Crippen molar-refractivity contribution >= 4 is 23.2 Å². The fourth-order valence-corrected chi connectivity index (χ4v) is 3.40. The SMILES string of the molecule is COc1ccc(CNC(=O)CCc2nnc3ccc(-c4ccc(Cl)cc4)nn23)c(OC)c1. The number of methoxy groups -OCH3 is 2. The maximum Gasteiger partial charge on any atom is 0.220 e. The molecular formula is C23H22ClN5O3. The highest BCUT2D eigenvalue weighted by atomic mass is 35.5. The fourth-order valence-electron chi connectivity index (χ4n) is 3.27. The van der Waals surface area contributed by atoms with Crippen LogP contribution in [0.5, 0.6) is 11.5 Å². The van der Waals surface area contributed by atoms with Crippen LogP contribution in [0.3, 0.4) is 0 Å². The zero-order valence-corrected chi connectivity index (χ0v) is 18.5. The summed E-state index contributed by atoms with van der Waals surface area (Å²) in [6.45, 7) is 0.353. The van der Waals surface area contributed by atoms with Gasteiger partial charge in [0.05, 0.1) is 19.9 Å². The predicted molar refractivity (Wildman–Crippen MR) is 121 cm³/mol. The number of carbonyl (C=O) groups is 1. The van der Waals surface area contributed by atoms with Gasteiger partial charge in [-0.3, -0.25) is 4.79 Å². The van der Waals surface area contributed by atoms with Crippen molar-refractivity contribution in [2.24, 2.45) is 0 Å². The van der Waals surface area contributed by atoms with E-state index < -0.39 is 0 Å². The summed E-state index contributed by atoms with van der Waals surface area (Å²) in [4.78, 5) is 12.4. The molecule has 2 heterocycles. The van der Waals surface area contributed by atoms with E-state index in [1.54, 1.807) is 24.8 Å². The highest BCUT2D eigenvalue weighted by Gasteiger charge is 2.12. The molecular weight excluding hydrogens is 430 g/mol. The Morgan fingerprint density at radius 1 is 1.03 bits per heavy atom. The lowest BCUT2D eigenvalue weighted by Gasteiger charge is -2.11. The lowest BCUT2D eigenvalue weighted by Crippen LogP contribution is -2.23. The maximum atomic E-state index is 12.4. The molecule has 0 spiro atoms. The summed E-state index contributed by atoms with van der Waals surface area (Å²) in [5, 5.41) is 16.6. The number of benzene rings is 2. The predicted octanol–water partition coefficient (Wildman–Crippen LogP) is 3.71. The Hall–Kier alpha value is -3.65. The molecule has 0 atom stereocenters. The van der Waals surface area contributed by atoms with Gasteiger partial charge in [0.2, 0.25) is 5.91 Å². The van der Waals surface area contributed by atoms with E-state index >= 15 is 0 Å². The molecule has 2 aromatic carbocycles. The van der Waals surface area contributed by atoms with Crippen LogP contribution in [-0.2, 0) is 17.8 Å². The largest absolute Gasteiger partial charge is 0.497 e. The summed E-state index contributed by atoms with van der Waals surface area (Å²) in [5.74, 6) is 1.87. The van der Waals surface area contributed by atoms with Gasteiger partial charge in [-0.15, -0.1) is 10.2 Å². The smallest absolute Gasteiger partial charge is 0.220 e. The Kier molecular flexibility index (Phi) is 6.51. The Bertz CT molecular complexity index is 1240. The average molecular weight is 452 g/mol. The van der Waals surface area contributed by atoms with Crippen LogP contribution in [0.1, 0.15) is 17.8 Å². The van der Waals surface area contributed by atoms with Crippen molar-refractivity contribution in [3.63, 3.8) is 0 Å². The second kappa shape index (κ2) is 9.65. The van der Waals surface area contributed by atoms with Crippen LogP contribution in [0.15, 0.2) is 54.6 Å². The van der Waals surface area contributed by atoms with Crippen molar-refractivity contribution in [3.05, 3.63) is 71.0 Å². The number of ether oxygens (including phenoxy) is 2. The minimum atomic E-state index is -0.103. The van der Waals surface area contributed by atoms with E-state index in [0.29, 0.717) is 41.0 Å². The molecule has 1 amide bonds. The number of nitrogens with one attached hydrogen (secondary N) is 1. The van der Waals surface area contributed by atoms with Gasteiger partial charge in [0.1, 0.15) is 11.5 Å². The van der Waals surface area contributed by atoms with E-state index in [0.717, 1.165) is 16.8 Å². The van der Waals surface area contributed by atoms with Crippen LogP contribution in [0.4, 0.5) is 0 Å². The van der Waals surface area contributed by atoms with Gasteiger partial charge in [-0.05, 0) is 36.4 Å². The number of halogens is 1. The molecule has 0 saturated heterocycles. The van der Waals surface area contributed by atoms with E-state index in [9.17, 15) is 4.79 Å². The first-order valence-corrected chi connectivity index (χ1v) is 10.4. The van der Waals surface area contributed by atoms with E-state index in [4.69, 9.17) is 21.1 Å². The van der Waals surface area contributed by atoms with Crippen molar-refractivity contribution in [2.45, 2.75) is 19.4 Å². The molecule has 1 N–H and O–H groups in total. The number of hydrogen-bond donors (Lipinski definition) is 1. The second-order valence-corrected chi connectivity index (χ2v) is 7.50. The van der Waals surface area contributed by atoms with Crippen LogP contribution in [0.25, 0.3) is 16.9 Å². The molecule has 0 aliphatic carbocycles. The van der Waals surface area contributed by atoms with Crippen LogP contribution < -0.4 is 14.8 Å². The number of aromatic nitrogens is 4. The summed E-state index contributed by atoms with van der Waals surface area (Å²) < 4.78 is 12.2. The summed E-state index contributed by atoms with van der Waals surface area (Å²) in [6, 6.07) is 16.7. The summed E-state index contributed by atoms with van der Waals surface area (Å²) in [6.07, 6.45) is 0.663. The number of aryl methyl sites for hydroxylation is 1. The molecule has 0 aliphatic heterocycles. The molecule has 164 valence electrons. The lowest BCUT2D eigenvalue weighted by molar-refractivity contribution is -0.121. The number of fused-ring (bicyclic) bond motifs is 1. The van der Waals surface area contributed by atoms with Crippen molar-refractivity contribution in [1.29, 1.82) is 0 Å². The van der Waals surface area contributed by atoms with Crippen molar-refractivity contribution in [3.8, 4) is 22.8 Å². The van der Waals surface area contributed by atoms with Crippen LogP contribution in [-0.4, -0.2) is 39.9 Å². The molecule has 4 rings (SSSR count). The monoisotopic (exact) mass is 451 g/mol. The van der Waals surface area contributed by atoms with Gasteiger partial charge >= 0.3 is 0 Å². The first kappa shape index (κ1) is 21.6. The van der Waals surface area contributed by atoms with Gasteiger partial charge in [0, 0.05) is 41.6 Å². The lowest BCUT2D eigenvalue weighted by atomic mass is 10.1. The minimum absolute atomic E-state index is 0.103. The normalized spacial score (nSPS) is 10.8. The molecule has 9 heteroatoms. The first-order valence-electron chi connectivity index (χ1n) is 10.0. The molecule has 0 radical (unpaired) electrons. The molecule has 2 aromatic heterocycles. The molecule has 32 heavy (non-hydrogen) atoms. The highest BCUT2D eigenvalue weighted by Crippen LogP contribution is 2.24. The molecule has 0 bridgehead atoms. The topological polar surface area (TPSA) is 90.6 Å². The van der Waals surface area contributed by atoms with E-state index in [-0.39, 0.29) is 12.3 Å². The van der Waals surface area contributed by atoms with Crippen LogP contribution in [0.2, 0.25) is 5.02 Å². The highest BCUT2D eigenvalue weighted by molar-refractivity contribution is 6.30. The number of amides is 1. The molecule has 0 aliphatic rings. The van der Waals surface area contributed by atoms with E-state index in [1.807, 2.05) is 48.5 Å². The molecule has 4 aromatic rings. The van der Waals surface area contributed by atoms with Gasteiger partial charge in [0.25, 0.3) is 0 Å².